The van der Waals surface area contributed by atoms with Gasteiger partial charge in [-0.25, -0.2) is 0 Å². The summed E-state index contributed by atoms with van der Waals surface area (Å²) in [6.45, 7) is 3.83. The van der Waals surface area contributed by atoms with E-state index in [-0.39, 0.29) is 23.2 Å². The van der Waals surface area contributed by atoms with Crippen LogP contribution in [0.15, 0.2) is 57.7 Å². The average molecular weight is 419 g/mol. The number of rotatable bonds is 6. The molecule has 0 aliphatic carbocycles. The molecule has 2 aliphatic heterocycles. The second-order valence-corrected chi connectivity index (χ2v) is 8.08. The molecule has 160 valence electrons. The highest BCUT2D eigenvalue weighted by molar-refractivity contribution is 5.99. The van der Waals surface area contributed by atoms with E-state index < -0.39 is 6.04 Å². The van der Waals surface area contributed by atoms with E-state index in [2.05, 4.69) is 6.92 Å². The molecule has 0 bridgehead atoms. The summed E-state index contributed by atoms with van der Waals surface area (Å²) in [4.78, 5) is 28.6. The SMILES string of the molecule is CCCOc1ccc([C@H]2c3c(oc4ccccc4c3=O)C(=O)N2C[C@H]2CCCO2)cc1. The van der Waals surface area contributed by atoms with E-state index in [4.69, 9.17) is 13.9 Å². The van der Waals surface area contributed by atoms with Gasteiger partial charge in [0.1, 0.15) is 11.3 Å². The lowest BCUT2D eigenvalue weighted by Gasteiger charge is -2.27. The topological polar surface area (TPSA) is 69.0 Å². The van der Waals surface area contributed by atoms with Crippen molar-refractivity contribution in [2.75, 3.05) is 19.8 Å². The Labute approximate surface area is 180 Å². The summed E-state index contributed by atoms with van der Waals surface area (Å²) in [7, 11) is 0. The lowest BCUT2D eigenvalue weighted by molar-refractivity contribution is 0.0486. The van der Waals surface area contributed by atoms with E-state index in [1.54, 1.807) is 29.2 Å². The van der Waals surface area contributed by atoms with Crippen LogP contribution in [0.3, 0.4) is 0 Å². The van der Waals surface area contributed by atoms with E-state index >= 15 is 0 Å². The first-order valence-corrected chi connectivity index (χ1v) is 10.9. The van der Waals surface area contributed by atoms with Gasteiger partial charge in [-0.1, -0.05) is 31.2 Å². The van der Waals surface area contributed by atoms with Gasteiger partial charge in [-0.2, -0.15) is 0 Å². The Kier molecular flexibility index (Phi) is 5.24. The molecule has 2 atom stereocenters. The second-order valence-electron chi connectivity index (χ2n) is 8.08. The van der Waals surface area contributed by atoms with Crippen molar-refractivity contribution < 1.29 is 18.7 Å². The Bertz CT molecular complexity index is 1160. The summed E-state index contributed by atoms with van der Waals surface area (Å²) in [6.07, 6.45) is 2.78. The van der Waals surface area contributed by atoms with Gasteiger partial charge in [0.05, 0.1) is 29.7 Å². The predicted molar refractivity (Wildman–Crippen MR) is 117 cm³/mol. The van der Waals surface area contributed by atoms with Crippen molar-refractivity contribution in [1.82, 2.24) is 4.90 Å². The number of hydrogen-bond donors (Lipinski definition) is 0. The third-order valence-electron chi connectivity index (χ3n) is 5.97. The van der Waals surface area contributed by atoms with Crippen LogP contribution in [-0.4, -0.2) is 36.7 Å². The number of hydrogen-bond acceptors (Lipinski definition) is 5. The lowest BCUT2D eigenvalue weighted by atomic mass is 9.98. The quantitative estimate of drug-likeness (QED) is 0.596. The minimum Gasteiger partial charge on any atom is -0.494 e. The van der Waals surface area contributed by atoms with Gasteiger partial charge in [0.15, 0.2) is 5.43 Å². The van der Waals surface area contributed by atoms with Crippen LogP contribution in [0.25, 0.3) is 11.0 Å². The maximum Gasteiger partial charge on any atom is 0.291 e. The van der Waals surface area contributed by atoms with Gasteiger partial charge >= 0.3 is 0 Å². The molecule has 31 heavy (non-hydrogen) atoms. The van der Waals surface area contributed by atoms with E-state index in [1.807, 2.05) is 24.3 Å². The normalized spacial score (nSPS) is 20.4. The molecule has 1 fully saturated rings. The molecule has 1 saturated heterocycles. The van der Waals surface area contributed by atoms with E-state index in [0.717, 1.165) is 30.6 Å². The molecule has 2 aromatic carbocycles. The number of amides is 1. The summed E-state index contributed by atoms with van der Waals surface area (Å²) in [5.74, 6) is 0.647. The maximum atomic E-state index is 13.4. The molecule has 3 heterocycles. The smallest absolute Gasteiger partial charge is 0.291 e. The van der Waals surface area contributed by atoms with Gasteiger partial charge in [0.25, 0.3) is 5.91 Å². The fourth-order valence-corrected chi connectivity index (χ4v) is 4.48. The Morgan fingerprint density at radius 3 is 2.65 bits per heavy atom. The van der Waals surface area contributed by atoms with Gasteiger partial charge in [0, 0.05) is 13.2 Å². The summed E-state index contributed by atoms with van der Waals surface area (Å²) in [5.41, 5.74) is 1.54. The van der Waals surface area contributed by atoms with Crippen molar-refractivity contribution >= 4 is 16.9 Å². The van der Waals surface area contributed by atoms with Crippen LogP contribution in [0, 0.1) is 0 Å². The van der Waals surface area contributed by atoms with Crippen molar-refractivity contribution in [2.24, 2.45) is 0 Å². The van der Waals surface area contributed by atoms with Crippen LogP contribution in [0.1, 0.15) is 53.9 Å². The predicted octanol–water partition coefficient (Wildman–Crippen LogP) is 4.31. The van der Waals surface area contributed by atoms with Crippen LogP contribution >= 0.6 is 0 Å². The monoisotopic (exact) mass is 419 g/mol. The summed E-state index contributed by atoms with van der Waals surface area (Å²) in [6, 6.07) is 14.2. The van der Waals surface area contributed by atoms with Crippen molar-refractivity contribution in [3.05, 3.63) is 75.6 Å². The minimum atomic E-state index is -0.507. The van der Waals surface area contributed by atoms with Gasteiger partial charge in [-0.05, 0) is 49.1 Å². The molecule has 2 aliphatic rings. The first kappa shape index (κ1) is 19.8. The van der Waals surface area contributed by atoms with Gasteiger partial charge in [0.2, 0.25) is 5.76 Å². The van der Waals surface area contributed by atoms with Crippen LogP contribution in [-0.2, 0) is 4.74 Å². The highest BCUT2D eigenvalue weighted by Crippen LogP contribution is 2.39. The first-order chi connectivity index (χ1) is 15.2. The van der Waals surface area contributed by atoms with E-state index in [9.17, 15) is 9.59 Å². The minimum absolute atomic E-state index is 0.0301. The highest BCUT2D eigenvalue weighted by atomic mass is 16.5. The number of fused-ring (bicyclic) bond motifs is 2. The average Bonchev–Trinajstić information content (AvgIpc) is 3.41. The molecule has 5 rings (SSSR count). The number of benzene rings is 2. The molecule has 1 amide bonds. The van der Waals surface area contributed by atoms with Gasteiger partial charge < -0.3 is 18.8 Å². The van der Waals surface area contributed by atoms with Crippen LogP contribution in [0.5, 0.6) is 5.75 Å². The largest absolute Gasteiger partial charge is 0.494 e. The van der Waals surface area contributed by atoms with Crippen LogP contribution < -0.4 is 10.2 Å². The summed E-state index contributed by atoms with van der Waals surface area (Å²) in [5, 5.41) is 0.487. The molecule has 0 saturated carbocycles. The van der Waals surface area contributed by atoms with Crippen LogP contribution in [0.4, 0.5) is 0 Å². The molecular weight excluding hydrogens is 394 g/mol. The highest BCUT2D eigenvalue weighted by Gasteiger charge is 2.43. The lowest BCUT2D eigenvalue weighted by Crippen LogP contribution is -2.36. The van der Waals surface area contributed by atoms with Gasteiger partial charge in [-0.15, -0.1) is 0 Å². The Balaban J connectivity index is 1.61. The molecule has 0 spiro atoms. The van der Waals surface area contributed by atoms with Crippen LogP contribution in [0.2, 0.25) is 0 Å². The zero-order valence-corrected chi connectivity index (χ0v) is 17.5. The molecule has 6 heteroatoms. The maximum absolute atomic E-state index is 13.4. The fourth-order valence-electron chi connectivity index (χ4n) is 4.48. The van der Waals surface area contributed by atoms with E-state index in [0.29, 0.717) is 36.3 Å². The zero-order chi connectivity index (χ0) is 21.4. The third kappa shape index (κ3) is 3.51. The Morgan fingerprint density at radius 1 is 1.10 bits per heavy atom. The molecule has 0 N–H and O–H groups in total. The zero-order valence-electron chi connectivity index (χ0n) is 17.5. The fraction of sp³-hybridized carbons (Fsp3) is 0.360. The van der Waals surface area contributed by atoms with E-state index in [1.165, 1.54) is 0 Å². The summed E-state index contributed by atoms with van der Waals surface area (Å²) >= 11 is 0. The standard InChI is InChI=1S/C25H25NO5/c1-2-13-29-17-11-9-16(10-12-17)22-21-23(27)19-7-3-4-8-20(19)31-24(21)25(28)26(22)15-18-6-5-14-30-18/h3-4,7-12,18,22H,2,5-6,13-15H2,1H3/t18-,22+/m1/s1. The number of para-hydroxylation sites is 1. The first-order valence-electron chi connectivity index (χ1n) is 10.9. The molecule has 6 nitrogen and oxygen atoms in total. The number of nitrogens with zero attached hydrogens (tertiary/aromatic N) is 1. The van der Waals surface area contributed by atoms with Gasteiger partial charge in [-0.3, -0.25) is 9.59 Å². The molecule has 0 unspecified atom stereocenters. The van der Waals surface area contributed by atoms with Crippen molar-refractivity contribution in [3.63, 3.8) is 0 Å². The molecule has 3 aromatic rings. The molecule has 1 aromatic heterocycles. The second kappa shape index (κ2) is 8.19. The van der Waals surface area contributed by atoms with Crippen molar-refractivity contribution in [2.45, 2.75) is 38.3 Å². The Hall–Kier alpha value is -3.12. The summed E-state index contributed by atoms with van der Waals surface area (Å²) < 4.78 is 17.5. The Morgan fingerprint density at radius 2 is 1.90 bits per heavy atom. The van der Waals surface area contributed by atoms with Crippen molar-refractivity contribution in [1.29, 1.82) is 0 Å². The number of ether oxygens (including phenoxy) is 2. The molecular formula is C25H25NO5. The number of carbonyl (C=O) groups is 1. The molecule has 0 radical (unpaired) electrons. The van der Waals surface area contributed by atoms with Crippen molar-refractivity contribution in [3.8, 4) is 5.75 Å². The third-order valence-corrected chi connectivity index (χ3v) is 5.97. The number of carbonyl (C=O) groups excluding carboxylic acids is 1.